The number of carboxylic acid groups (broad SMARTS) is 1. The third-order valence-electron chi connectivity index (χ3n) is 5.86. The van der Waals surface area contributed by atoms with Gasteiger partial charge in [0.15, 0.2) is 23.0 Å². The molecule has 0 saturated heterocycles. The van der Waals surface area contributed by atoms with E-state index in [0.29, 0.717) is 0 Å². The number of ether oxygens (including phenoxy) is 6. The van der Waals surface area contributed by atoms with Gasteiger partial charge in [0.2, 0.25) is 12.2 Å². The van der Waals surface area contributed by atoms with Crippen molar-refractivity contribution in [3.63, 3.8) is 0 Å². The van der Waals surface area contributed by atoms with Gasteiger partial charge in [-0.1, -0.05) is 12.1 Å². The lowest BCUT2D eigenvalue weighted by Gasteiger charge is -2.24. The predicted molar refractivity (Wildman–Crippen MR) is 154 cm³/mol. The molecule has 0 unspecified atom stereocenters. The minimum atomic E-state index is -2.42. The summed E-state index contributed by atoms with van der Waals surface area (Å²) in [5, 5.41) is 21.8. The predicted octanol–water partition coefficient (Wildman–Crippen LogP) is 2.90. The van der Waals surface area contributed by atoms with Crippen LogP contribution in [0.25, 0.3) is 0 Å². The molecule has 15 nitrogen and oxygen atoms in total. The number of nitrogens with zero attached hydrogens (tertiary/aromatic N) is 1. The fourth-order valence-corrected chi connectivity index (χ4v) is 3.82. The number of benzene rings is 3. The molecule has 1 amide bonds. The molecule has 3 aromatic carbocycles. The first-order valence-electron chi connectivity index (χ1n) is 13.1. The number of carbonyl (C=O) groups is 6. The van der Waals surface area contributed by atoms with Gasteiger partial charge in [0.25, 0.3) is 5.91 Å². The fourth-order valence-electron chi connectivity index (χ4n) is 3.82. The average molecular weight is 635 g/mol. The molecule has 3 rings (SSSR count). The van der Waals surface area contributed by atoms with Crippen LogP contribution in [0.1, 0.15) is 40.1 Å². The maximum absolute atomic E-state index is 13.5. The SMILES string of the molecule is COc1cc(C(=O)O[C@H](C(=O)O)[C@H](OC(=O)c2ccc(OC(C)=O)c(OC)c2)C(=O)Nc2ccccc2C#N)ccc1OC(C)=O. The molecule has 0 spiro atoms. The number of methoxy groups -OCH3 is 2. The van der Waals surface area contributed by atoms with Gasteiger partial charge in [-0.25, -0.2) is 14.4 Å². The second-order valence-corrected chi connectivity index (χ2v) is 9.06. The standard InChI is InChI=1S/C31H26N2O13/c1-16(34)43-22-11-9-18(13-24(22)41-3)30(39)45-26(28(36)33-21-8-6-5-7-20(21)15-32)27(29(37)38)46-31(40)19-10-12-23(44-17(2)35)25(14-19)42-4/h5-14,26-27H,1-4H3,(H,33,36)(H,37,38)/t26-,27-/m0/s1. The van der Waals surface area contributed by atoms with Crippen molar-refractivity contribution in [1.29, 1.82) is 5.26 Å². The molecule has 238 valence electrons. The van der Waals surface area contributed by atoms with E-state index >= 15 is 0 Å². The number of aliphatic carboxylic acids is 1. The highest BCUT2D eigenvalue weighted by molar-refractivity contribution is 6.02. The zero-order chi connectivity index (χ0) is 34.0. The summed E-state index contributed by atoms with van der Waals surface area (Å²) in [7, 11) is 2.46. The van der Waals surface area contributed by atoms with Crippen LogP contribution in [-0.2, 0) is 28.7 Å². The molecule has 0 aliphatic rings. The first kappa shape index (κ1) is 34.1. The lowest BCUT2D eigenvalue weighted by atomic mass is 10.1. The van der Waals surface area contributed by atoms with Crippen LogP contribution in [-0.4, -0.2) is 67.3 Å². The van der Waals surface area contributed by atoms with Crippen LogP contribution in [0.15, 0.2) is 60.7 Å². The summed E-state index contributed by atoms with van der Waals surface area (Å²) in [6.45, 7) is 2.29. The molecule has 0 fully saturated rings. The van der Waals surface area contributed by atoms with E-state index < -0.39 is 48.0 Å². The van der Waals surface area contributed by atoms with Gasteiger partial charge in [-0.3, -0.25) is 14.4 Å². The monoisotopic (exact) mass is 634 g/mol. The van der Waals surface area contributed by atoms with Crippen molar-refractivity contribution in [2.75, 3.05) is 19.5 Å². The largest absolute Gasteiger partial charge is 0.493 e. The van der Waals surface area contributed by atoms with Crippen molar-refractivity contribution in [2.24, 2.45) is 0 Å². The van der Waals surface area contributed by atoms with Crippen LogP contribution in [0.4, 0.5) is 5.69 Å². The summed E-state index contributed by atoms with van der Waals surface area (Å²) < 4.78 is 30.7. The molecule has 3 aromatic rings. The summed E-state index contributed by atoms with van der Waals surface area (Å²) >= 11 is 0. The van der Waals surface area contributed by atoms with Gasteiger partial charge in [0.1, 0.15) is 6.07 Å². The number of anilines is 1. The molecule has 0 aliphatic heterocycles. The third-order valence-corrected chi connectivity index (χ3v) is 5.86. The Balaban J connectivity index is 2.00. The molecular formula is C31H26N2O13. The summed E-state index contributed by atoms with van der Waals surface area (Å²) in [5.41, 5.74) is -0.588. The summed E-state index contributed by atoms with van der Waals surface area (Å²) in [6.07, 6.45) is -4.74. The van der Waals surface area contributed by atoms with Crippen molar-refractivity contribution < 1.29 is 62.3 Å². The van der Waals surface area contributed by atoms with Crippen LogP contribution in [0.5, 0.6) is 23.0 Å². The molecule has 0 heterocycles. The van der Waals surface area contributed by atoms with Gasteiger partial charge in [-0.2, -0.15) is 5.26 Å². The van der Waals surface area contributed by atoms with E-state index in [1.807, 2.05) is 6.07 Å². The van der Waals surface area contributed by atoms with Crippen LogP contribution in [0.2, 0.25) is 0 Å². The second-order valence-electron chi connectivity index (χ2n) is 9.06. The zero-order valence-electron chi connectivity index (χ0n) is 24.7. The number of nitrogens with one attached hydrogen (secondary N) is 1. The molecule has 46 heavy (non-hydrogen) atoms. The fraction of sp³-hybridized carbons (Fsp3) is 0.194. The summed E-state index contributed by atoms with van der Waals surface area (Å²) in [6, 6.07) is 14.5. The van der Waals surface area contributed by atoms with Gasteiger partial charge < -0.3 is 38.8 Å². The van der Waals surface area contributed by atoms with E-state index in [4.69, 9.17) is 28.4 Å². The first-order chi connectivity index (χ1) is 21.9. The number of nitriles is 1. The first-order valence-corrected chi connectivity index (χ1v) is 13.1. The molecule has 0 bridgehead atoms. The number of esters is 4. The van der Waals surface area contributed by atoms with Gasteiger partial charge in [-0.15, -0.1) is 0 Å². The van der Waals surface area contributed by atoms with E-state index in [1.165, 1.54) is 50.6 Å². The van der Waals surface area contributed by atoms with Crippen molar-refractivity contribution in [3.05, 3.63) is 77.4 Å². The van der Waals surface area contributed by atoms with Crippen molar-refractivity contribution >= 4 is 41.4 Å². The highest BCUT2D eigenvalue weighted by Crippen LogP contribution is 2.30. The molecule has 15 heteroatoms. The van der Waals surface area contributed by atoms with Crippen molar-refractivity contribution in [3.8, 4) is 29.1 Å². The Kier molecular flexibility index (Phi) is 11.4. The lowest BCUT2D eigenvalue weighted by molar-refractivity contribution is -0.157. The molecule has 0 radical (unpaired) electrons. The van der Waals surface area contributed by atoms with Crippen LogP contribution in [0.3, 0.4) is 0 Å². The smallest absolute Gasteiger partial charge is 0.349 e. The van der Waals surface area contributed by atoms with Gasteiger partial charge in [-0.05, 0) is 48.5 Å². The van der Waals surface area contributed by atoms with Crippen LogP contribution < -0.4 is 24.3 Å². The number of hydrogen-bond donors (Lipinski definition) is 2. The number of rotatable bonds is 12. The van der Waals surface area contributed by atoms with Gasteiger partial charge in [0.05, 0.1) is 36.6 Å². The number of carbonyl (C=O) groups excluding carboxylic acids is 5. The molecule has 0 aliphatic carbocycles. The summed E-state index contributed by atoms with van der Waals surface area (Å²) in [5.74, 6) is -7.24. The molecule has 2 N–H and O–H groups in total. The number of hydrogen-bond acceptors (Lipinski definition) is 13. The molecule has 0 saturated carbocycles. The Labute approximate surface area is 261 Å². The highest BCUT2D eigenvalue weighted by atomic mass is 16.6. The van der Waals surface area contributed by atoms with Crippen molar-refractivity contribution in [1.82, 2.24) is 0 Å². The number of carboxylic acids is 1. The highest BCUT2D eigenvalue weighted by Gasteiger charge is 2.41. The Morgan fingerprint density at radius 2 is 1.20 bits per heavy atom. The Hall–Kier alpha value is -6.43. The van der Waals surface area contributed by atoms with Gasteiger partial charge >= 0.3 is 29.8 Å². The Morgan fingerprint density at radius 1 is 0.717 bits per heavy atom. The normalized spacial score (nSPS) is 11.5. The zero-order valence-corrected chi connectivity index (χ0v) is 24.7. The number of para-hydroxylation sites is 1. The van der Waals surface area contributed by atoms with E-state index in [1.54, 1.807) is 0 Å². The molecule has 0 aromatic heterocycles. The lowest BCUT2D eigenvalue weighted by Crippen LogP contribution is -2.48. The van der Waals surface area contributed by atoms with E-state index in [0.717, 1.165) is 38.1 Å². The summed E-state index contributed by atoms with van der Waals surface area (Å²) in [4.78, 5) is 74.9. The van der Waals surface area contributed by atoms with E-state index in [2.05, 4.69) is 5.32 Å². The maximum atomic E-state index is 13.5. The Morgan fingerprint density at radius 3 is 1.63 bits per heavy atom. The van der Waals surface area contributed by atoms with Crippen LogP contribution in [0, 0.1) is 11.3 Å². The minimum Gasteiger partial charge on any atom is -0.493 e. The van der Waals surface area contributed by atoms with Crippen LogP contribution >= 0.6 is 0 Å². The number of amides is 1. The molecular weight excluding hydrogens is 608 g/mol. The Bertz CT molecular complexity index is 1730. The van der Waals surface area contributed by atoms with Crippen molar-refractivity contribution in [2.45, 2.75) is 26.1 Å². The van der Waals surface area contributed by atoms with Gasteiger partial charge in [0, 0.05) is 13.8 Å². The third kappa shape index (κ3) is 8.57. The minimum absolute atomic E-state index is 0.00411. The topological polar surface area (TPSA) is 214 Å². The maximum Gasteiger partial charge on any atom is 0.349 e. The van der Waals surface area contributed by atoms with E-state index in [9.17, 15) is 39.1 Å². The van der Waals surface area contributed by atoms with E-state index in [-0.39, 0.29) is 45.4 Å². The second kappa shape index (κ2) is 15.3. The average Bonchev–Trinajstić information content (AvgIpc) is 3.02. The quantitative estimate of drug-likeness (QED) is 0.217. The molecule has 2 atom stereocenters.